The number of fused-ring (bicyclic) bond motifs is 2. The molecule has 0 saturated carbocycles. The Hall–Kier alpha value is -4.44. The zero-order chi connectivity index (χ0) is 24.5. The smallest absolute Gasteiger partial charge is 0.251 e. The average Bonchev–Trinajstić information content (AvgIpc) is 3.42. The minimum absolute atomic E-state index is 0.167. The van der Waals surface area contributed by atoms with Crippen molar-refractivity contribution in [3.63, 3.8) is 0 Å². The molecule has 5 rings (SSSR count). The number of amides is 2. The summed E-state index contributed by atoms with van der Waals surface area (Å²) in [6.07, 6.45) is 3.08. The third kappa shape index (κ3) is 4.64. The van der Waals surface area contributed by atoms with Crippen LogP contribution in [0.1, 0.15) is 28.5 Å². The quantitative estimate of drug-likeness (QED) is 0.288. The van der Waals surface area contributed by atoms with E-state index in [0.717, 1.165) is 22.2 Å². The third-order valence-electron chi connectivity index (χ3n) is 5.51. The van der Waals surface area contributed by atoms with Crippen LogP contribution in [0.2, 0.25) is 5.02 Å². The molecule has 0 bridgehead atoms. The van der Waals surface area contributed by atoms with Gasteiger partial charge in [-0.3, -0.25) is 9.59 Å². The monoisotopic (exact) mass is 488 g/mol. The fraction of sp³-hybridized carbons (Fsp3) is 0.125. The van der Waals surface area contributed by atoms with Gasteiger partial charge >= 0.3 is 0 Å². The van der Waals surface area contributed by atoms with Gasteiger partial charge in [-0.1, -0.05) is 11.6 Å². The number of nitrogens with zero attached hydrogens (tertiary/aromatic N) is 4. The second kappa shape index (κ2) is 9.07. The molecule has 0 fully saturated rings. The molecule has 0 spiro atoms. The van der Waals surface area contributed by atoms with Crippen LogP contribution in [0.3, 0.4) is 0 Å². The second-order valence-electron chi connectivity index (χ2n) is 8.07. The van der Waals surface area contributed by atoms with Crippen LogP contribution in [0, 0.1) is 0 Å². The van der Waals surface area contributed by atoms with Crippen LogP contribution in [0.15, 0.2) is 55.1 Å². The molecular weight excluding hydrogens is 468 g/mol. The summed E-state index contributed by atoms with van der Waals surface area (Å²) in [5, 5.41) is 7.11. The van der Waals surface area contributed by atoms with Crippen LogP contribution in [-0.4, -0.2) is 36.3 Å². The molecule has 2 aromatic carbocycles. The SMILES string of the molecule is CC(=O)Nc1ccc(C(=O)NCc2cc3cc(Cl)cc(Cn4cnc5c(N)ncnc54)c3[nH]2)cc1. The van der Waals surface area contributed by atoms with Crippen LogP contribution < -0.4 is 16.4 Å². The summed E-state index contributed by atoms with van der Waals surface area (Å²) in [5.74, 6) is -0.0646. The Morgan fingerprint density at radius 2 is 1.91 bits per heavy atom. The first-order valence-corrected chi connectivity index (χ1v) is 11.1. The summed E-state index contributed by atoms with van der Waals surface area (Å²) in [4.78, 5) is 39.7. The van der Waals surface area contributed by atoms with E-state index in [2.05, 4.69) is 30.6 Å². The van der Waals surface area contributed by atoms with E-state index in [4.69, 9.17) is 17.3 Å². The highest BCUT2D eigenvalue weighted by Crippen LogP contribution is 2.26. The van der Waals surface area contributed by atoms with Crippen molar-refractivity contribution in [1.82, 2.24) is 29.8 Å². The fourth-order valence-electron chi connectivity index (χ4n) is 3.94. The number of carbonyl (C=O) groups excluding carboxylic acids is 2. The number of imidazole rings is 1. The lowest BCUT2D eigenvalue weighted by Crippen LogP contribution is -2.22. The minimum atomic E-state index is -0.224. The highest BCUT2D eigenvalue weighted by atomic mass is 35.5. The molecule has 5 N–H and O–H groups in total. The Morgan fingerprint density at radius 3 is 2.69 bits per heavy atom. The summed E-state index contributed by atoms with van der Waals surface area (Å²) in [7, 11) is 0. The molecule has 5 aromatic rings. The maximum atomic E-state index is 12.6. The number of anilines is 2. The number of rotatable bonds is 6. The van der Waals surface area contributed by atoms with Crippen LogP contribution in [0.4, 0.5) is 11.5 Å². The van der Waals surface area contributed by atoms with E-state index in [1.54, 1.807) is 30.6 Å². The standard InChI is InChI=1S/C24H21ClN8O2/c1-13(34)31-18-4-2-14(3-5-18)24(35)27-9-19-8-15-6-17(25)7-16(20(15)32-19)10-33-12-30-21-22(26)28-11-29-23(21)33/h2-8,11-12,32H,9-10H2,1H3,(H,27,35)(H,31,34)(H2,26,28,29). The summed E-state index contributed by atoms with van der Waals surface area (Å²) in [5.41, 5.74) is 10.9. The molecule has 0 saturated heterocycles. The van der Waals surface area contributed by atoms with Gasteiger partial charge in [0.1, 0.15) is 11.8 Å². The van der Waals surface area contributed by atoms with Crippen LogP contribution >= 0.6 is 11.6 Å². The number of carbonyl (C=O) groups is 2. The number of aromatic nitrogens is 5. The Bertz CT molecular complexity index is 1570. The molecule has 0 atom stereocenters. The molecule has 3 aromatic heterocycles. The van der Waals surface area contributed by atoms with Crippen molar-refractivity contribution in [2.24, 2.45) is 0 Å². The van der Waals surface area contributed by atoms with E-state index in [9.17, 15) is 9.59 Å². The lowest BCUT2D eigenvalue weighted by atomic mass is 10.1. The first-order valence-electron chi connectivity index (χ1n) is 10.7. The predicted octanol–water partition coefficient (Wildman–Crippen LogP) is 3.48. The molecule has 0 unspecified atom stereocenters. The molecule has 2 amide bonds. The van der Waals surface area contributed by atoms with Crippen molar-refractivity contribution >= 4 is 57.0 Å². The summed E-state index contributed by atoms with van der Waals surface area (Å²) in [6, 6.07) is 12.4. The van der Waals surface area contributed by atoms with Crippen molar-refractivity contribution in [1.29, 1.82) is 0 Å². The number of hydrogen-bond acceptors (Lipinski definition) is 6. The van der Waals surface area contributed by atoms with Crippen LogP contribution in [-0.2, 0) is 17.9 Å². The molecule has 35 heavy (non-hydrogen) atoms. The number of H-pyrrole nitrogens is 1. The Labute approximate surface area is 204 Å². The number of hydrogen-bond donors (Lipinski definition) is 4. The maximum absolute atomic E-state index is 12.6. The normalized spacial score (nSPS) is 11.1. The zero-order valence-corrected chi connectivity index (χ0v) is 19.4. The molecule has 3 heterocycles. The maximum Gasteiger partial charge on any atom is 0.251 e. The number of aromatic amines is 1. The first kappa shape index (κ1) is 22.4. The Kier molecular flexibility index (Phi) is 5.79. The highest BCUT2D eigenvalue weighted by Gasteiger charge is 2.13. The topological polar surface area (TPSA) is 144 Å². The molecule has 0 aliphatic heterocycles. The van der Waals surface area contributed by atoms with E-state index >= 15 is 0 Å². The van der Waals surface area contributed by atoms with Gasteiger partial charge in [-0.25, -0.2) is 15.0 Å². The van der Waals surface area contributed by atoms with E-state index in [-0.39, 0.29) is 11.8 Å². The lowest BCUT2D eigenvalue weighted by molar-refractivity contribution is -0.114. The van der Waals surface area contributed by atoms with Crippen molar-refractivity contribution < 1.29 is 9.59 Å². The van der Waals surface area contributed by atoms with Crippen LogP contribution in [0.5, 0.6) is 0 Å². The molecular formula is C24H21ClN8O2. The number of nitrogens with two attached hydrogens (primary N) is 1. The van der Waals surface area contributed by atoms with Gasteiger partial charge in [0.25, 0.3) is 5.91 Å². The van der Waals surface area contributed by atoms with Crippen molar-refractivity contribution in [3.05, 3.63) is 77.0 Å². The van der Waals surface area contributed by atoms with E-state index in [1.165, 1.54) is 13.3 Å². The molecule has 10 nitrogen and oxygen atoms in total. The van der Waals surface area contributed by atoms with Crippen molar-refractivity contribution in [2.45, 2.75) is 20.0 Å². The largest absolute Gasteiger partial charge is 0.382 e. The van der Waals surface area contributed by atoms with Gasteiger partial charge in [-0.2, -0.15) is 0 Å². The Balaban J connectivity index is 1.35. The molecule has 176 valence electrons. The number of benzene rings is 2. The molecule has 0 radical (unpaired) electrons. The average molecular weight is 489 g/mol. The fourth-order valence-corrected chi connectivity index (χ4v) is 4.19. The molecule has 0 aliphatic rings. The molecule has 11 heteroatoms. The van der Waals surface area contributed by atoms with Gasteiger partial charge in [0.2, 0.25) is 5.91 Å². The van der Waals surface area contributed by atoms with Crippen molar-refractivity contribution in [2.75, 3.05) is 11.1 Å². The summed E-state index contributed by atoms with van der Waals surface area (Å²) < 4.78 is 1.88. The third-order valence-corrected chi connectivity index (χ3v) is 5.73. The van der Waals surface area contributed by atoms with E-state index < -0.39 is 0 Å². The highest BCUT2D eigenvalue weighted by molar-refractivity contribution is 6.31. The van der Waals surface area contributed by atoms with Gasteiger partial charge in [0.15, 0.2) is 11.5 Å². The molecule has 0 aliphatic carbocycles. The zero-order valence-electron chi connectivity index (χ0n) is 18.7. The van der Waals surface area contributed by atoms with E-state index in [1.807, 2.05) is 22.8 Å². The summed E-state index contributed by atoms with van der Waals surface area (Å²) >= 11 is 6.39. The predicted molar refractivity (Wildman–Crippen MR) is 134 cm³/mol. The van der Waals surface area contributed by atoms with E-state index in [0.29, 0.717) is 46.3 Å². The van der Waals surface area contributed by atoms with Gasteiger partial charge in [0.05, 0.1) is 24.9 Å². The van der Waals surface area contributed by atoms with Gasteiger partial charge in [0, 0.05) is 34.3 Å². The Morgan fingerprint density at radius 1 is 1.11 bits per heavy atom. The van der Waals surface area contributed by atoms with Gasteiger partial charge in [-0.05, 0) is 48.0 Å². The summed E-state index contributed by atoms with van der Waals surface area (Å²) in [6.45, 7) is 2.20. The van der Waals surface area contributed by atoms with Crippen molar-refractivity contribution in [3.8, 4) is 0 Å². The second-order valence-corrected chi connectivity index (χ2v) is 8.50. The first-order chi connectivity index (χ1) is 16.9. The van der Waals surface area contributed by atoms with Gasteiger partial charge < -0.3 is 25.9 Å². The van der Waals surface area contributed by atoms with Crippen LogP contribution in [0.25, 0.3) is 22.1 Å². The number of nitrogen functional groups attached to an aromatic ring is 1. The lowest BCUT2D eigenvalue weighted by Gasteiger charge is -2.07. The number of halogens is 1. The minimum Gasteiger partial charge on any atom is -0.382 e. The van der Waals surface area contributed by atoms with Gasteiger partial charge in [-0.15, -0.1) is 0 Å². The number of nitrogens with one attached hydrogen (secondary N) is 3.